The Morgan fingerprint density at radius 2 is 2.19 bits per heavy atom. The topological polar surface area (TPSA) is 38.7 Å². The molecule has 1 N–H and O–H groups in total. The Kier molecular flexibility index (Phi) is 4.22. The summed E-state index contributed by atoms with van der Waals surface area (Å²) in [5, 5.41) is 10.1. The Balaban J connectivity index is 1.85. The molecule has 0 aromatic heterocycles. The van der Waals surface area contributed by atoms with Gasteiger partial charge in [-0.15, -0.1) is 0 Å². The molecular formula is C13H24O3. The van der Waals surface area contributed by atoms with E-state index in [1.807, 2.05) is 6.92 Å². The first-order valence-corrected chi connectivity index (χ1v) is 6.65. The van der Waals surface area contributed by atoms with Gasteiger partial charge in [-0.1, -0.05) is 12.8 Å². The van der Waals surface area contributed by atoms with E-state index in [1.165, 1.54) is 25.7 Å². The number of ether oxygens (including phenoxy) is 2. The second-order valence-corrected chi connectivity index (χ2v) is 5.22. The normalized spacial score (nSPS) is 30.8. The van der Waals surface area contributed by atoms with Gasteiger partial charge in [0, 0.05) is 13.2 Å². The fraction of sp³-hybridized carbons (Fsp3) is 1.00. The first-order chi connectivity index (χ1) is 7.76. The molecule has 1 aliphatic heterocycles. The zero-order chi connectivity index (χ0) is 11.4. The number of aliphatic hydroxyl groups is 1. The van der Waals surface area contributed by atoms with Gasteiger partial charge >= 0.3 is 0 Å². The second-order valence-electron chi connectivity index (χ2n) is 5.22. The van der Waals surface area contributed by atoms with Crippen molar-refractivity contribution in [2.24, 2.45) is 5.92 Å². The fourth-order valence-electron chi connectivity index (χ4n) is 3.14. The first-order valence-electron chi connectivity index (χ1n) is 6.65. The summed E-state index contributed by atoms with van der Waals surface area (Å²) >= 11 is 0. The van der Waals surface area contributed by atoms with Crippen molar-refractivity contribution in [2.45, 2.75) is 57.2 Å². The summed E-state index contributed by atoms with van der Waals surface area (Å²) in [6.07, 6.45) is 6.65. The van der Waals surface area contributed by atoms with Crippen LogP contribution in [-0.2, 0) is 9.47 Å². The number of hydrogen-bond donors (Lipinski definition) is 1. The van der Waals surface area contributed by atoms with Crippen LogP contribution in [0.1, 0.15) is 45.4 Å². The molecule has 1 aliphatic carbocycles. The summed E-state index contributed by atoms with van der Waals surface area (Å²) in [5.41, 5.74) is 0.107. The molecule has 0 bridgehead atoms. The van der Waals surface area contributed by atoms with E-state index in [0.29, 0.717) is 19.1 Å². The van der Waals surface area contributed by atoms with Gasteiger partial charge in [0.2, 0.25) is 0 Å². The third-order valence-corrected chi connectivity index (χ3v) is 4.08. The zero-order valence-corrected chi connectivity index (χ0v) is 10.3. The van der Waals surface area contributed by atoms with E-state index in [0.717, 1.165) is 19.4 Å². The summed E-state index contributed by atoms with van der Waals surface area (Å²) in [4.78, 5) is 0. The number of aliphatic hydroxyl groups excluding tert-OH is 1. The molecule has 2 fully saturated rings. The predicted octanol–water partition coefficient (Wildman–Crippen LogP) is 2.12. The van der Waals surface area contributed by atoms with Gasteiger partial charge < -0.3 is 14.6 Å². The predicted molar refractivity (Wildman–Crippen MR) is 62.4 cm³/mol. The van der Waals surface area contributed by atoms with Crippen LogP contribution in [0.3, 0.4) is 0 Å². The summed E-state index contributed by atoms with van der Waals surface area (Å²) < 4.78 is 11.3. The largest absolute Gasteiger partial charge is 0.390 e. The van der Waals surface area contributed by atoms with Gasteiger partial charge in [-0.05, 0) is 38.5 Å². The Labute approximate surface area is 98.1 Å². The quantitative estimate of drug-likeness (QED) is 0.801. The SMILES string of the molecule is CCOCC(O)C1CCOC2(CCCC2)C1. The molecule has 2 unspecified atom stereocenters. The van der Waals surface area contributed by atoms with Crippen LogP contribution >= 0.6 is 0 Å². The lowest BCUT2D eigenvalue weighted by Gasteiger charge is -2.40. The van der Waals surface area contributed by atoms with Crippen molar-refractivity contribution in [1.29, 1.82) is 0 Å². The van der Waals surface area contributed by atoms with Crippen LogP contribution in [0.4, 0.5) is 0 Å². The van der Waals surface area contributed by atoms with Crippen LogP contribution < -0.4 is 0 Å². The van der Waals surface area contributed by atoms with Crippen molar-refractivity contribution < 1.29 is 14.6 Å². The molecule has 1 saturated carbocycles. The summed E-state index contributed by atoms with van der Waals surface area (Å²) in [6, 6.07) is 0. The fourth-order valence-corrected chi connectivity index (χ4v) is 3.14. The molecule has 16 heavy (non-hydrogen) atoms. The van der Waals surface area contributed by atoms with Crippen LogP contribution in [0.2, 0.25) is 0 Å². The van der Waals surface area contributed by atoms with E-state index >= 15 is 0 Å². The molecule has 0 amide bonds. The van der Waals surface area contributed by atoms with E-state index in [2.05, 4.69) is 0 Å². The van der Waals surface area contributed by atoms with Crippen molar-refractivity contribution in [3.63, 3.8) is 0 Å². The monoisotopic (exact) mass is 228 g/mol. The maximum absolute atomic E-state index is 10.1. The van der Waals surface area contributed by atoms with Crippen molar-refractivity contribution in [1.82, 2.24) is 0 Å². The zero-order valence-electron chi connectivity index (χ0n) is 10.3. The molecule has 0 aromatic rings. The molecule has 0 aromatic carbocycles. The van der Waals surface area contributed by atoms with Gasteiger partial charge in [-0.25, -0.2) is 0 Å². The highest BCUT2D eigenvalue weighted by molar-refractivity contribution is 4.92. The summed E-state index contributed by atoms with van der Waals surface area (Å²) in [7, 11) is 0. The molecule has 2 atom stereocenters. The van der Waals surface area contributed by atoms with Crippen molar-refractivity contribution >= 4 is 0 Å². The van der Waals surface area contributed by atoms with Gasteiger partial charge in [-0.2, -0.15) is 0 Å². The molecule has 3 heteroatoms. The Bertz CT molecular complexity index is 211. The smallest absolute Gasteiger partial charge is 0.0803 e. The maximum atomic E-state index is 10.1. The van der Waals surface area contributed by atoms with E-state index in [9.17, 15) is 5.11 Å². The number of rotatable bonds is 4. The minimum Gasteiger partial charge on any atom is -0.390 e. The molecule has 1 heterocycles. The van der Waals surface area contributed by atoms with Crippen molar-refractivity contribution in [3.05, 3.63) is 0 Å². The lowest BCUT2D eigenvalue weighted by Crippen LogP contribution is -2.42. The van der Waals surface area contributed by atoms with E-state index in [1.54, 1.807) is 0 Å². The highest BCUT2D eigenvalue weighted by atomic mass is 16.5. The van der Waals surface area contributed by atoms with Gasteiger partial charge in [0.15, 0.2) is 0 Å². The Morgan fingerprint density at radius 3 is 2.88 bits per heavy atom. The van der Waals surface area contributed by atoms with Gasteiger partial charge in [0.25, 0.3) is 0 Å². The molecule has 1 spiro atoms. The minimum absolute atomic E-state index is 0.107. The molecular weight excluding hydrogens is 204 g/mol. The van der Waals surface area contributed by atoms with Crippen molar-refractivity contribution in [3.8, 4) is 0 Å². The third-order valence-electron chi connectivity index (χ3n) is 4.08. The molecule has 1 saturated heterocycles. The van der Waals surface area contributed by atoms with E-state index in [-0.39, 0.29) is 11.7 Å². The standard InChI is InChI=1S/C13H24O3/c1-2-15-10-12(14)11-5-8-16-13(9-11)6-3-4-7-13/h11-12,14H,2-10H2,1H3. The molecule has 2 aliphatic rings. The summed E-state index contributed by atoms with van der Waals surface area (Å²) in [5.74, 6) is 0.374. The summed E-state index contributed by atoms with van der Waals surface area (Å²) in [6.45, 7) is 3.95. The van der Waals surface area contributed by atoms with Crippen molar-refractivity contribution in [2.75, 3.05) is 19.8 Å². The van der Waals surface area contributed by atoms with Crippen LogP contribution in [0, 0.1) is 5.92 Å². The first kappa shape index (κ1) is 12.3. The average Bonchev–Trinajstić information content (AvgIpc) is 2.74. The Hall–Kier alpha value is -0.120. The van der Waals surface area contributed by atoms with Crippen LogP contribution in [0.5, 0.6) is 0 Å². The lowest BCUT2D eigenvalue weighted by molar-refractivity contribution is -0.120. The lowest BCUT2D eigenvalue weighted by atomic mass is 9.82. The van der Waals surface area contributed by atoms with Crippen LogP contribution in [0.25, 0.3) is 0 Å². The average molecular weight is 228 g/mol. The molecule has 94 valence electrons. The highest BCUT2D eigenvalue weighted by Gasteiger charge is 2.41. The van der Waals surface area contributed by atoms with Gasteiger partial charge in [0.1, 0.15) is 0 Å². The highest BCUT2D eigenvalue weighted by Crippen LogP contribution is 2.42. The second kappa shape index (κ2) is 5.48. The number of hydrogen-bond acceptors (Lipinski definition) is 3. The third kappa shape index (κ3) is 2.76. The molecule has 0 radical (unpaired) electrons. The maximum Gasteiger partial charge on any atom is 0.0803 e. The molecule has 2 rings (SSSR count). The van der Waals surface area contributed by atoms with Gasteiger partial charge in [-0.3, -0.25) is 0 Å². The molecule has 3 nitrogen and oxygen atoms in total. The van der Waals surface area contributed by atoms with Gasteiger partial charge in [0.05, 0.1) is 18.3 Å². The van der Waals surface area contributed by atoms with Crippen LogP contribution in [-0.4, -0.2) is 36.6 Å². The van der Waals surface area contributed by atoms with E-state index in [4.69, 9.17) is 9.47 Å². The minimum atomic E-state index is -0.304. The Morgan fingerprint density at radius 1 is 1.44 bits per heavy atom. The van der Waals surface area contributed by atoms with Crippen LogP contribution in [0.15, 0.2) is 0 Å². The van der Waals surface area contributed by atoms with E-state index < -0.39 is 0 Å².